The number of rotatable bonds is 6. The summed E-state index contributed by atoms with van der Waals surface area (Å²) < 4.78 is 0. The first-order chi connectivity index (χ1) is 31.7. The van der Waals surface area contributed by atoms with Crippen LogP contribution in [0.15, 0.2) is 233 Å². The molecule has 0 amide bonds. The second kappa shape index (κ2) is 15.5. The maximum atomic E-state index is 5.50. The van der Waals surface area contributed by atoms with Gasteiger partial charge in [0.25, 0.3) is 0 Å². The summed E-state index contributed by atoms with van der Waals surface area (Å²) in [6.07, 6.45) is 52.5. The summed E-state index contributed by atoms with van der Waals surface area (Å²) >= 11 is 0. The van der Waals surface area contributed by atoms with Gasteiger partial charge in [0.05, 0.1) is 6.04 Å². The SMILES string of the molecule is C1=CCC(c2cccc(C3N=C(C4=CC=CC5C=CC=CC45)NC(c4cccc(N5C6=CC7=CC=CCC7C(N7C8=C(C=CCC8)C8C=CC=CC87)C6c6ccccc65)c4)N3)c2)C=C1. The van der Waals surface area contributed by atoms with Gasteiger partial charge in [-0.1, -0.05) is 176 Å². The molecular formula is C59H53N5. The molecule has 10 aliphatic rings. The van der Waals surface area contributed by atoms with Gasteiger partial charge >= 0.3 is 0 Å². The van der Waals surface area contributed by atoms with Gasteiger partial charge in [-0.3, -0.25) is 5.32 Å². The number of nitrogens with zero attached hydrogens (tertiary/aromatic N) is 3. The van der Waals surface area contributed by atoms with Gasteiger partial charge in [0.1, 0.15) is 18.2 Å². The average Bonchev–Trinajstić information content (AvgIpc) is 3.88. The van der Waals surface area contributed by atoms with Crippen LogP contribution in [0, 0.1) is 23.7 Å². The van der Waals surface area contributed by atoms with Crippen LogP contribution >= 0.6 is 0 Å². The van der Waals surface area contributed by atoms with Crippen LogP contribution in [0.1, 0.15) is 72.1 Å². The third kappa shape index (κ3) is 6.19. The quantitative estimate of drug-likeness (QED) is 0.260. The summed E-state index contributed by atoms with van der Waals surface area (Å²) in [5.74, 6) is 2.90. The summed E-state index contributed by atoms with van der Waals surface area (Å²) in [5.41, 5.74) is 14.7. The van der Waals surface area contributed by atoms with Crippen LogP contribution in [0.4, 0.5) is 11.4 Å². The first-order valence-electron chi connectivity index (χ1n) is 23.6. The molecule has 314 valence electrons. The molecule has 2 N–H and O–H groups in total. The fourth-order valence-corrected chi connectivity index (χ4v) is 12.5. The van der Waals surface area contributed by atoms with E-state index in [1.807, 2.05) is 0 Å². The molecule has 0 fully saturated rings. The molecule has 0 bridgehead atoms. The van der Waals surface area contributed by atoms with Crippen LogP contribution in [0.2, 0.25) is 0 Å². The number of benzene rings is 3. The number of anilines is 2. The monoisotopic (exact) mass is 831 g/mol. The Morgan fingerprint density at radius 1 is 0.672 bits per heavy atom. The number of nitrogens with one attached hydrogen (secondary N) is 2. The molecule has 3 aromatic rings. The molecule has 3 aromatic carbocycles. The van der Waals surface area contributed by atoms with Gasteiger partial charge in [-0.05, 0) is 83.4 Å². The highest BCUT2D eigenvalue weighted by Crippen LogP contribution is 2.59. The van der Waals surface area contributed by atoms with Gasteiger partial charge in [-0.2, -0.15) is 0 Å². The molecule has 0 aromatic heterocycles. The van der Waals surface area contributed by atoms with E-state index < -0.39 is 0 Å². The Morgan fingerprint density at radius 2 is 1.50 bits per heavy atom. The molecule has 0 saturated heterocycles. The van der Waals surface area contributed by atoms with Crippen LogP contribution in [0.25, 0.3) is 0 Å². The Balaban J connectivity index is 0.896. The van der Waals surface area contributed by atoms with E-state index in [9.17, 15) is 0 Å². The van der Waals surface area contributed by atoms with Crippen molar-refractivity contribution in [1.29, 1.82) is 0 Å². The predicted molar refractivity (Wildman–Crippen MR) is 262 cm³/mol. The first-order valence-corrected chi connectivity index (χ1v) is 23.6. The summed E-state index contributed by atoms with van der Waals surface area (Å²) in [5, 5.41) is 7.95. The number of hydrogen-bond donors (Lipinski definition) is 2. The second-order valence-electron chi connectivity index (χ2n) is 18.8. The maximum Gasteiger partial charge on any atom is 0.129 e. The number of para-hydroxylation sites is 1. The Hall–Kier alpha value is -6.69. The number of hydrogen-bond acceptors (Lipinski definition) is 5. The van der Waals surface area contributed by atoms with E-state index >= 15 is 0 Å². The van der Waals surface area contributed by atoms with Crippen molar-refractivity contribution in [3.8, 4) is 0 Å². The van der Waals surface area contributed by atoms with E-state index in [2.05, 4.69) is 221 Å². The van der Waals surface area contributed by atoms with E-state index in [0.717, 1.165) is 31.5 Å². The van der Waals surface area contributed by atoms with Crippen molar-refractivity contribution in [2.24, 2.45) is 28.7 Å². The lowest BCUT2D eigenvalue weighted by molar-refractivity contribution is 0.149. The Bertz CT molecular complexity index is 2880. The number of aliphatic imine (C=N–C) groups is 1. The number of fused-ring (bicyclic) bond motifs is 7. The van der Waals surface area contributed by atoms with E-state index in [4.69, 9.17) is 4.99 Å². The van der Waals surface area contributed by atoms with Crippen molar-refractivity contribution in [2.75, 3.05) is 4.90 Å². The van der Waals surface area contributed by atoms with Crippen LogP contribution in [-0.4, -0.2) is 22.8 Å². The normalized spacial score (nSPS) is 32.2. The van der Waals surface area contributed by atoms with Crippen molar-refractivity contribution in [1.82, 2.24) is 15.5 Å². The minimum atomic E-state index is -0.231. The van der Waals surface area contributed by atoms with E-state index in [1.165, 1.54) is 56.0 Å². The summed E-state index contributed by atoms with van der Waals surface area (Å²) in [4.78, 5) is 11.0. The van der Waals surface area contributed by atoms with Crippen molar-refractivity contribution < 1.29 is 0 Å². The zero-order chi connectivity index (χ0) is 42.1. The van der Waals surface area contributed by atoms with Crippen molar-refractivity contribution >= 4 is 17.2 Å². The van der Waals surface area contributed by atoms with Gasteiger partial charge in [-0.15, -0.1) is 0 Å². The largest absolute Gasteiger partial charge is 0.363 e. The molecule has 64 heavy (non-hydrogen) atoms. The lowest BCUT2D eigenvalue weighted by Gasteiger charge is -2.48. The van der Waals surface area contributed by atoms with Crippen LogP contribution in [0.5, 0.6) is 0 Å². The van der Waals surface area contributed by atoms with Crippen molar-refractivity contribution in [3.05, 3.63) is 251 Å². The van der Waals surface area contributed by atoms with E-state index in [1.54, 1.807) is 5.70 Å². The third-order valence-corrected chi connectivity index (χ3v) is 15.4. The average molecular weight is 832 g/mol. The Kier molecular flexibility index (Phi) is 9.18. The highest BCUT2D eigenvalue weighted by Gasteiger charge is 2.53. The highest BCUT2D eigenvalue weighted by atomic mass is 15.3. The van der Waals surface area contributed by atoms with Gasteiger partial charge in [0.2, 0.25) is 0 Å². The topological polar surface area (TPSA) is 42.9 Å². The fraction of sp³-hybridized carbons (Fsp3) is 0.237. The minimum Gasteiger partial charge on any atom is -0.363 e. The summed E-state index contributed by atoms with van der Waals surface area (Å²) in [6, 6.07) is 28.2. The van der Waals surface area contributed by atoms with Crippen LogP contribution < -0.4 is 15.5 Å². The van der Waals surface area contributed by atoms with Gasteiger partial charge in [-0.25, -0.2) is 4.99 Å². The molecule has 10 unspecified atom stereocenters. The van der Waals surface area contributed by atoms with Gasteiger partial charge in [0, 0.05) is 69.9 Å². The molecule has 0 radical (unpaired) electrons. The molecule has 3 heterocycles. The molecule has 5 heteroatoms. The van der Waals surface area contributed by atoms with E-state index in [-0.39, 0.29) is 30.2 Å². The molecule has 0 saturated carbocycles. The predicted octanol–water partition coefficient (Wildman–Crippen LogP) is 12.5. The number of amidine groups is 1. The second-order valence-corrected chi connectivity index (χ2v) is 18.8. The number of allylic oxidation sites excluding steroid dienone is 20. The maximum absolute atomic E-state index is 5.50. The van der Waals surface area contributed by atoms with Crippen LogP contribution in [-0.2, 0) is 0 Å². The zero-order valence-electron chi connectivity index (χ0n) is 36.0. The lowest BCUT2D eigenvalue weighted by atomic mass is 9.70. The summed E-state index contributed by atoms with van der Waals surface area (Å²) in [6.45, 7) is 0. The minimum absolute atomic E-state index is 0.179. The first kappa shape index (κ1) is 37.8. The Morgan fingerprint density at radius 3 is 2.45 bits per heavy atom. The lowest BCUT2D eigenvalue weighted by Crippen LogP contribution is -2.50. The molecule has 7 aliphatic carbocycles. The summed E-state index contributed by atoms with van der Waals surface area (Å²) in [7, 11) is 0. The molecular weight excluding hydrogens is 779 g/mol. The van der Waals surface area contributed by atoms with Crippen LogP contribution in [0.3, 0.4) is 0 Å². The smallest absolute Gasteiger partial charge is 0.129 e. The third-order valence-electron chi connectivity index (χ3n) is 15.4. The highest BCUT2D eigenvalue weighted by molar-refractivity contribution is 6.00. The van der Waals surface area contributed by atoms with E-state index in [0.29, 0.717) is 29.7 Å². The molecule has 13 rings (SSSR count). The van der Waals surface area contributed by atoms with Crippen molar-refractivity contribution in [2.45, 2.75) is 61.9 Å². The molecule has 3 aliphatic heterocycles. The van der Waals surface area contributed by atoms with Gasteiger partial charge < -0.3 is 15.1 Å². The molecule has 5 nitrogen and oxygen atoms in total. The zero-order valence-corrected chi connectivity index (χ0v) is 36.0. The standard InChI is InChI=1S/C59H53N5/c1-2-17-38(18-3-1)40-22-14-23-42(35-40)57-60-58(62-59(61-57)49-31-16-21-39-19-4-6-26-45(39)49)43-24-15-25-44(36-43)63-53-34-13-10-30-50(53)55-54(63)37-41-20-5-7-27-46(41)56(55)64-51-32-11-8-28-47(51)48-29-9-12-33-52(48)64/h1-11,13-17,19-26,28-32,34-39,45-47,51,55-58,60H,12,18,27,33H2,(H,61,62). The van der Waals surface area contributed by atoms with Gasteiger partial charge in [0.15, 0.2) is 0 Å². The molecule has 10 atom stereocenters. The molecule has 0 spiro atoms. The fourth-order valence-electron chi connectivity index (χ4n) is 12.5. The Labute approximate surface area is 377 Å². The van der Waals surface area contributed by atoms with Crippen molar-refractivity contribution in [3.63, 3.8) is 0 Å².